The van der Waals surface area contributed by atoms with Crippen LogP contribution in [0.2, 0.25) is 0 Å². The highest BCUT2D eigenvalue weighted by Gasteiger charge is 2.15. The largest absolute Gasteiger partial charge is 0.454 e. The normalized spacial score (nSPS) is 11.6. The molecule has 0 unspecified atom stereocenters. The summed E-state index contributed by atoms with van der Waals surface area (Å²) in [6.45, 7) is 2.24. The first-order valence-corrected chi connectivity index (χ1v) is 8.50. The van der Waals surface area contributed by atoms with E-state index in [1.165, 1.54) is 11.8 Å². The number of rotatable bonds is 6. The maximum Gasteiger partial charge on any atom is 0.231 e. The molecule has 3 rings (SSSR count). The molecule has 0 spiro atoms. The van der Waals surface area contributed by atoms with Crippen molar-refractivity contribution in [2.24, 2.45) is 0 Å². The van der Waals surface area contributed by atoms with E-state index < -0.39 is 0 Å². The zero-order chi connectivity index (χ0) is 19.2. The molecule has 7 heteroatoms. The van der Waals surface area contributed by atoms with Gasteiger partial charge >= 0.3 is 0 Å². The van der Waals surface area contributed by atoms with E-state index in [-0.39, 0.29) is 31.6 Å². The van der Waals surface area contributed by atoms with E-state index in [4.69, 9.17) is 14.7 Å². The van der Waals surface area contributed by atoms with Crippen LogP contribution in [-0.4, -0.2) is 25.2 Å². The predicted molar refractivity (Wildman–Crippen MR) is 98.2 cm³/mol. The monoisotopic (exact) mass is 365 g/mol. The van der Waals surface area contributed by atoms with Crippen molar-refractivity contribution in [3.8, 4) is 17.6 Å². The number of anilines is 1. The number of carbonyl (C=O) groups is 2. The molecular formula is C20H19N3O4. The fraction of sp³-hybridized carbons (Fsp3) is 0.250. The van der Waals surface area contributed by atoms with Gasteiger partial charge in [0, 0.05) is 32.1 Å². The maximum atomic E-state index is 12.2. The van der Waals surface area contributed by atoms with Crippen LogP contribution in [-0.2, 0) is 16.1 Å². The summed E-state index contributed by atoms with van der Waals surface area (Å²) < 4.78 is 10.6. The highest BCUT2D eigenvalue weighted by atomic mass is 16.7. The lowest BCUT2D eigenvalue weighted by molar-refractivity contribution is -0.121. The first-order valence-electron chi connectivity index (χ1n) is 8.50. The number of carbonyl (C=O) groups excluding carboxylic acids is 2. The fourth-order valence-corrected chi connectivity index (χ4v) is 2.76. The Morgan fingerprint density at radius 2 is 2.00 bits per heavy atom. The van der Waals surface area contributed by atoms with E-state index >= 15 is 0 Å². The first kappa shape index (κ1) is 18.3. The Hall–Kier alpha value is -3.53. The van der Waals surface area contributed by atoms with Gasteiger partial charge in [0.2, 0.25) is 18.6 Å². The lowest BCUT2D eigenvalue weighted by atomic mass is 10.2. The topological polar surface area (TPSA) is 91.7 Å². The number of hydrogen-bond acceptors (Lipinski definition) is 5. The van der Waals surface area contributed by atoms with E-state index in [1.54, 1.807) is 24.3 Å². The third kappa shape index (κ3) is 4.55. The Labute approximate surface area is 157 Å². The quantitative estimate of drug-likeness (QED) is 0.848. The summed E-state index contributed by atoms with van der Waals surface area (Å²) in [6.07, 6.45) is 0.154. The second-order valence-corrected chi connectivity index (χ2v) is 6.05. The lowest BCUT2D eigenvalue weighted by Crippen LogP contribution is -2.33. The SMILES string of the molecule is CC(=O)N(CCC(=O)NCc1ccc2c(c1)OCO2)c1cccc(C#N)c1. The number of hydrogen-bond donors (Lipinski definition) is 1. The third-order valence-corrected chi connectivity index (χ3v) is 4.16. The second kappa shape index (κ2) is 8.23. The third-order valence-electron chi connectivity index (χ3n) is 4.16. The fourth-order valence-electron chi connectivity index (χ4n) is 2.76. The summed E-state index contributed by atoms with van der Waals surface area (Å²) in [7, 11) is 0. The molecule has 2 amide bonds. The molecule has 138 valence electrons. The molecule has 2 aromatic carbocycles. The van der Waals surface area contributed by atoms with Gasteiger partial charge in [-0.05, 0) is 35.9 Å². The van der Waals surface area contributed by atoms with Crippen LogP contribution < -0.4 is 19.7 Å². The van der Waals surface area contributed by atoms with E-state index in [0.29, 0.717) is 29.3 Å². The van der Waals surface area contributed by atoms with Gasteiger partial charge in [-0.3, -0.25) is 9.59 Å². The van der Waals surface area contributed by atoms with E-state index in [9.17, 15) is 9.59 Å². The number of benzene rings is 2. The highest BCUT2D eigenvalue weighted by Crippen LogP contribution is 2.32. The average molecular weight is 365 g/mol. The summed E-state index contributed by atoms with van der Waals surface area (Å²) in [5.74, 6) is 1.01. The molecule has 1 aliphatic heterocycles. The van der Waals surface area contributed by atoms with E-state index in [1.807, 2.05) is 24.3 Å². The zero-order valence-corrected chi connectivity index (χ0v) is 14.9. The minimum absolute atomic E-state index is 0.154. The second-order valence-electron chi connectivity index (χ2n) is 6.05. The van der Waals surface area contributed by atoms with Crippen molar-refractivity contribution in [2.75, 3.05) is 18.2 Å². The first-order chi connectivity index (χ1) is 13.1. The number of nitrogens with one attached hydrogen (secondary N) is 1. The van der Waals surface area contributed by atoms with Crippen molar-refractivity contribution in [1.82, 2.24) is 5.32 Å². The van der Waals surface area contributed by atoms with Gasteiger partial charge in [0.1, 0.15) is 0 Å². The molecule has 27 heavy (non-hydrogen) atoms. The molecule has 0 saturated carbocycles. The summed E-state index contributed by atoms with van der Waals surface area (Å²) in [5, 5.41) is 11.8. The number of amides is 2. The van der Waals surface area contributed by atoms with Gasteiger partial charge in [-0.1, -0.05) is 12.1 Å². The lowest BCUT2D eigenvalue weighted by Gasteiger charge is -2.21. The van der Waals surface area contributed by atoms with Crippen molar-refractivity contribution in [1.29, 1.82) is 5.26 Å². The molecule has 1 N–H and O–H groups in total. The van der Waals surface area contributed by atoms with Gasteiger partial charge in [0.05, 0.1) is 11.6 Å². The van der Waals surface area contributed by atoms with Gasteiger partial charge in [-0.15, -0.1) is 0 Å². The van der Waals surface area contributed by atoms with Crippen LogP contribution in [0.25, 0.3) is 0 Å². The summed E-state index contributed by atoms with van der Waals surface area (Å²) in [6, 6.07) is 14.3. The number of fused-ring (bicyclic) bond motifs is 1. The van der Waals surface area contributed by atoms with Crippen LogP contribution in [0, 0.1) is 11.3 Å². The molecule has 1 heterocycles. The van der Waals surface area contributed by atoms with Gasteiger partial charge in [-0.2, -0.15) is 5.26 Å². The minimum Gasteiger partial charge on any atom is -0.454 e. The molecular weight excluding hydrogens is 346 g/mol. The summed E-state index contributed by atoms with van der Waals surface area (Å²) >= 11 is 0. The molecule has 0 bridgehead atoms. The molecule has 1 aliphatic rings. The van der Waals surface area contributed by atoms with Crippen LogP contribution in [0.4, 0.5) is 5.69 Å². The molecule has 0 saturated heterocycles. The van der Waals surface area contributed by atoms with Crippen molar-refractivity contribution in [3.63, 3.8) is 0 Å². The molecule has 2 aromatic rings. The van der Waals surface area contributed by atoms with Gasteiger partial charge in [0.15, 0.2) is 11.5 Å². The van der Waals surface area contributed by atoms with E-state index in [2.05, 4.69) is 5.32 Å². The average Bonchev–Trinajstić information content (AvgIpc) is 3.14. The Kier molecular flexibility index (Phi) is 5.57. The van der Waals surface area contributed by atoms with Crippen LogP contribution in [0.3, 0.4) is 0 Å². The molecule has 0 radical (unpaired) electrons. The minimum atomic E-state index is -0.186. The molecule has 0 aliphatic carbocycles. The summed E-state index contributed by atoms with van der Waals surface area (Å²) in [4.78, 5) is 25.6. The van der Waals surface area contributed by atoms with Gasteiger partial charge in [0.25, 0.3) is 0 Å². The van der Waals surface area contributed by atoms with Crippen LogP contribution >= 0.6 is 0 Å². The van der Waals surface area contributed by atoms with Crippen molar-refractivity contribution < 1.29 is 19.1 Å². The molecule has 7 nitrogen and oxygen atoms in total. The van der Waals surface area contributed by atoms with Crippen molar-refractivity contribution in [3.05, 3.63) is 53.6 Å². The number of ether oxygens (including phenoxy) is 2. The highest BCUT2D eigenvalue weighted by molar-refractivity contribution is 5.92. The number of nitrogens with zero attached hydrogens (tertiary/aromatic N) is 2. The van der Waals surface area contributed by atoms with Crippen LogP contribution in [0.15, 0.2) is 42.5 Å². The standard InChI is InChI=1S/C20H19N3O4/c1-14(24)23(17-4-2-3-15(9-17)11-21)8-7-20(25)22-12-16-5-6-18-19(10-16)27-13-26-18/h2-6,9-10H,7-8,12-13H2,1H3,(H,22,25). The van der Waals surface area contributed by atoms with Crippen LogP contribution in [0.1, 0.15) is 24.5 Å². The van der Waals surface area contributed by atoms with Crippen LogP contribution in [0.5, 0.6) is 11.5 Å². The maximum absolute atomic E-state index is 12.2. The smallest absolute Gasteiger partial charge is 0.231 e. The summed E-state index contributed by atoms with van der Waals surface area (Å²) in [5.41, 5.74) is 1.97. The Morgan fingerprint density at radius 3 is 2.78 bits per heavy atom. The van der Waals surface area contributed by atoms with Crippen molar-refractivity contribution >= 4 is 17.5 Å². The predicted octanol–water partition coefficient (Wildman–Crippen LogP) is 2.35. The Morgan fingerprint density at radius 1 is 1.19 bits per heavy atom. The Bertz CT molecular complexity index is 904. The number of nitriles is 1. The molecule has 0 atom stereocenters. The zero-order valence-electron chi connectivity index (χ0n) is 14.9. The molecule has 0 aromatic heterocycles. The Balaban J connectivity index is 1.55. The van der Waals surface area contributed by atoms with Crippen molar-refractivity contribution in [2.45, 2.75) is 19.9 Å². The van der Waals surface area contributed by atoms with E-state index in [0.717, 1.165) is 5.56 Å². The molecule has 0 fully saturated rings. The van der Waals surface area contributed by atoms with Gasteiger partial charge < -0.3 is 19.7 Å². The van der Waals surface area contributed by atoms with Gasteiger partial charge in [-0.25, -0.2) is 0 Å².